The molecule has 13 heavy (non-hydrogen) atoms. The van der Waals surface area contributed by atoms with Gasteiger partial charge in [-0.2, -0.15) is 0 Å². The predicted molar refractivity (Wildman–Crippen MR) is 46.9 cm³/mol. The summed E-state index contributed by atoms with van der Waals surface area (Å²) in [6.45, 7) is 0. The highest BCUT2D eigenvalue weighted by molar-refractivity contribution is 5.93. The van der Waals surface area contributed by atoms with E-state index in [9.17, 15) is 9.18 Å². The molecule has 1 aromatic rings. The van der Waals surface area contributed by atoms with Crippen LogP contribution in [0.1, 0.15) is 34.7 Å². The molecule has 0 radical (unpaired) electrons. The standard InChI is InChI=1S/C10H10FNO/c11-9-7(6-4-5-6)2-1-3-8(9)10(12)13/h1-3,6H,4-5H2,(H2,12,13). The minimum atomic E-state index is -0.694. The summed E-state index contributed by atoms with van der Waals surface area (Å²) >= 11 is 0. The highest BCUT2D eigenvalue weighted by Gasteiger charge is 2.27. The monoisotopic (exact) mass is 179 g/mol. The van der Waals surface area contributed by atoms with E-state index in [4.69, 9.17) is 5.73 Å². The number of carbonyl (C=O) groups excluding carboxylic acids is 1. The van der Waals surface area contributed by atoms with Gasteiger partial charge in [-0.25, -0.2) is 4.39 Å². The number of hydrogen-bond acceptors (Lipinski definition) is 1. The summed E-state index contributed by atoms with van der Waals surface area (Å²) in [5, 5.41) is 0. The first kappa shape index (κ1) is 8.23. The first-order valence-corrected chi connectivity index (χ1v) is 4.28. The first-order valence-electron chi connectivity index (χ1n) is 4.28. The molecule has 1 aliphatic rings. The number of carbonyl (C=O) groups is 1. The normalized spacial score (nSPS) is 15.8. The summed E-state index contributed by atoms with van der Waals surface area (Å²) in [5.41, 5.74) is 5.66. The maximum Gasteiger partial charge on any atom is 0.251 e. The van der Waals surface area contributed by atoms with E-state index in [-0.39, 0.29) is 5.56 Å². The van der Waals surface area contributed by atoms with Gasteiger partial charge in [-0.3, -0.25) is 4.79 Å². The summed E-state index contributed by atoms with van der Waals surface area (Å²) in [5.74, 6) is -0.822. The van der Waals surface area contributed by atoms with Crippen LogP contribution in [0, 0.1) is 5.82 Å². The van der Waals surface area contributed by atoms with Gasteiger partial charge in [0.1, 0.15) is 5.82 Å². The molecule has 0 heterocycles. The number of rotatable bonds is 2. The van der Waals surface area contributed by atoms with Crippen molar-refractivity contribution in [2.75, 3.05) is 0 Å². The Bertz CT molecular complexity index is 358. The zero-order valence-electron chi connectivity index (χ0n) is 7.09. The van der Waals surface area contributed by atoms with Crippen molar-refractivity contribution in [1.82, 2.24) is 0 Å². The maximum absolute atomic E-state index is 13.5. The van der Waals surface area contributed by atoms with Gasteiger partial charge in [0.25, 0.3) is 5.91 Å². The molecule has 0 aromatic heterocycles. The fraction of sp³-hybridized carbons (Fsp3) is 0.300. The molecule has 0 spiro atoms. The van der Waals surface area contributed by atoms with Gasteiger partial charge in [0.05, 0.1) is 5.56 Å². The zero-order valence-corrected chi connectivity index (χ0v) is 7.09. The van der Waals surface area contributed by atoms with E-state index in [2.05, 4.69) is 0 Å². The van der Waals surface area contributed by atoms with Crippen molar-refractivity contribution in [2.24, 2.45) is 5.73 Å². The van der Waals surface area contributed by atoms with Crippen LogP contribution >= 0.6 is 0 Å². The third kappa shape index (κ3) is 1.41. The van der Waals surface area contributed by atoms with E-state index in [0.29, 0.717) is 11.5 Å². The molecule has 1 aromatic carbocycles. The number of primary amides is 1. The molecule has 0 unspecified atom stereocenters. The summed E-state index contributed by atoms with van der Waals surface area (Å²) < 4.78 is 13.5. The SMILES string of the molecule is NC(=O)c1cccc(C2CC2)c1F. The third-order valence-corrected chi connectivity index (χ3v) is 2.31. The Morgan fingerprint density at radius 3 is 2.69 bits per heavy atom. The smallest absolute Gasteiger partial charge is 0.251 e. The van der Waals surface area contributed by atoms with Crippen LogP contribution in [0.5, 0.6) is 0 Å². The van der Waals surface area contributed by atoms with E-state index in [1.54, 1.807) is 12.1 Å². The van der Waals surface area contributed by atoms with E-state index in [1.165, 1.54) is 6.07 Å². The average molecular weight is 179 g/mol. The number of nitrogens with two attached hydrogens (primary N) is 1. The van der Waals surface area contributed by atoms with Crippen molar-refractivity contribution in [3.63, 3.8) is 0 Å². The van der Waals surface area contributed by atoms with Crippen molar-refractivity contribution < 1.29 is 9.18 Å². The molecule has 1 amide bonds. The van der Waals surface area contributed by atoms with Gasteiger partial charge < -0.3 is 5.73 Å². The van der Waals surface area contributed by atoms with Crippen LogP contribution in [0.15, 0.2) is 18.2 Å². The fourth-order valence-corrected chi connectivity index (χ4v) is 1.45. The maximum atomic E-state index is 13.5. The van der Waals surface area contributed by atoms with Crippen LogP contribution in [0.25, 0.3) is 0 Å². The Hall–Kier alpha value is -1.38. The Labute approximate surface area is 75.6 Å². The van der Waals surface area contributed by atoms with Crippen LogP contribution in [-0.4, -0.2) is 5.91 Å². The lowest BCUT2D eigenvalue weighted by molar-refractivity contribution is 0.0996. The second kappa shape index (κ2) is 2.83. The lowest BCUT2D eigenvalue weighted by Crippen LogP contribution is -2.13. The molecule has 2 rings (SSSR count). The molecule has 2 nitrogen and oxygen atoms in total. The Morgan fingerprint density at radius 2 is 2.15 bits per heavy atom. The second-order valence-electron chi connectivity index (χ2n) is 3.35. The summed E-state index contributed by atoms with van der Waals surface area (Å²) in [7, 11) is 0. The topological polar surface area (TPSA) is 43.1 Å². The zero-order chi connectivity index (χ0) is 9.42. The summed E-state index contributed by atoms with van der Waals surface area (Å²) in [4.78, 5) is 10.8. The van der Waals surface area contributed by atoms with Gasteiger partial charge in [0.2, 0.25) is 0 Å². The van der Waals surface area contributed by atoms with Crippen molar-refractivity contribution >= 4 is 5.91 Å². The first-order chi connectivity index (χ1) is 6.20. The molecule has 0 aliphatic heterocycles. The van der Waals surface area contributed by atoms with Gasteiger partial charge in [0.15, 0.2) is 0 Å². The van der Waals surface area contributed by atoms with E-state index < -0.39 is 11.7 Å². The highest BCUT2D eigenvalue weighted by atomic mass is 19.1. The van der Waals surface area contributed by atoms with Crippen LogP contribution in [0.4, 0.5) is 4.39 Å². The van der Waals surface area contributed by atoms with Crippen molar-refractivity contribution in [2.45, 2.75) is 18.8 Å². The Kier molecular flexibility index (Phi) is 1.79. The Balaban J connectivity index is 2.47. The highest BCUT2D eigenvalue weighted by Crippen LogP contribution is 2.41. The third-order valence-electron chi connectivity index (χ3n) is 2.31. The van der Waals surface area contributed by atoms with Gasteiger partial charge in [0, 0.05) is 0 Å². The van der Waals surface area contributed by atoms with Crippen LogP contribution in [-0.2, 0) is 0 Å². The number of benzene rings is 1. The molecule has 0 saturated heterocycles. The minimum absolute atomic E-state index is 0.00407. The molecule has 0 bridgehead atoms. The van der Waals surface area contributed by atoms with Crippen LogP contribution in [0.2, 0.25) is 0 Å². The van der Waals surface area contributed by atoms with Gasteiger partial charge in [-0.15, -0.1) is 0 Å². The van der Waals surface area contributed by atoms with Crippen LogP contribution in [0.3, 0.4) is 0 Å². The molecule has 3 heteroatoms. The lowest BCUT2D eigenvalue weighted by Gasteiger charge is -2.03. The van der Waals surface area contributed by atoms with E-state index >= 15 is 0 Å². The molecule has 1 aliphatic carbocycles. The van der Waals surface area contributed by atoms with Crippen molar-refractivity contribution in [1.29, 1.82) is 0 Å². The minimum Gasteiger partial charge on any atom is -0.366 e. The summed E-state index contributed by atoms with van der Waals surface area (Å²) in [6.07, 6.45) is 2.03. The average Bonchev–Trinajstić information content (AvgIpc) is 2.87. The van der Waals surface area contributed by atoms with Crippen molar-refractivity contribution in [3.05, 3.63) is 35.1 Å². The molecule has 2 N–H and O–H groups in total. The Morgan fingerprint density at radius 1 is 1.46 bits per heavy atom. The largest absolute Gasteiger partial charge is 0.366 e. The van der Waals surface area contributed by atoms with E-state index in [0.717, 1.165) is 12.8 Å². The van der Waals surface area contributed by atoms with Crippen LogP contribution < -0.4 is 5.73 Å². The molecule has 68 valence electrons. The molecular formula is C10H10FNO. The van der Waals surface area contributed by atoms with E-state index in [1.807, 2.05) is 0 Å². The molecule has 0 atom stereocenters. The second-order valence-corrected chi connectivity index (χ2v) is 3.35. The number of halogens is 1. The van der Waals surface area contributed by atoms with Crippen molar-refractivity contribution in [3.8, 4) is 0 Å². The fourth-order valence-electron chi connectivity index (χ4n) is 1.45. The molecular weight excluding hydrogens is 169 g/mol. The summed E-state index contributed by atoms with van der Waals surface area (Å²) in [6, 6.07) is 4.82. The number of hydrogen-bond donors (Lipinski definition) is 1. The number of amides is 1. The lowest BCUT2D eigenvalue weighted by atomic mass is 10.1. The molecule has 1 saturated carbocycles. The van der Waals surface area contributed by atoms with Gasteiger partial charge in [-0.05, 0) is 30.4 Å². The molecule has 1 fully saturated rings. The van der Waals surface area contributed by atoms with Gasteiger partial charge in [-0.1, -0.05) is 12.1 Å². The van der Waals surface area contributed by atoms with Gasteiger partial charge >= 0.3 is 0 Å². The predicted octanol–water partition coefficient (Wildman–Crippen LogP) is 1.80. The quantitative estimate of drug-likeness (QED) is 0.739.